The van der Waals surface area contributed by atoms with Crippen LogP contribution in [0, 0.1) is 13.8 Å². The number of amides is 1. The van der Waals surface area contributed by atoms with Gasteiger partial charge in [-0.2, -0.15) is 5.10 Å². The molecular weight excluding hydrogens is 280 g/mol. The number of aryl methyl sites for hydroxylation is 2. The fourth-order valence-corrected chi connectivity index (χ4v) is 2.86. The van der Waals surface area contributed by atoms with Gasteiger partial charge in [0.05, 0.1) is 18.9 Å². The maximum atomic E-state index is 11.9. The van der Waals surface area contributed by atoms with Crippen molar-refractivity contribution >= 4 is 5.91 Å². The molecule has 1 N–H and O–H groups in total. The van der Waals surface area contributed by atoms with E-state index in [2.05, 4.69) is 22.2 Å². The third-order valence-corrected chi connectivity index (χ3v) is 4.34. The molecular formula is C16H28N4O2. The van der Waals surface area contributed by atoms with Gasteiger partial charge in [0.15, 0.2) is 0 Å². The number of nitrogens with one attached hydrogen (secondary N) is 1. The first-order valence-electron chi connectivity index (χ1n) is 8.14. The van der Waals surface area contributed by atoms with Crippen molar-refractivity contribution in [1.29, 1.82) is 0 Å². The standard InChI is InChI=1S/C16H28N4O2/c1-13-15(14(2)19(3)18-13)5-6-16(21)17-7-4-8-20-9-11-22-12-10-20/h4-12H2,1-3H3,(H,17,21). The lowest BCUT2D eigenvalue weighted by molar-refractivity contribution is -0.121. The number of carbonyl (C=O) groups is 1. The van der Waals surface area contributed by atoms with E-state index >= 15 is 0 Å². The van der Waals surface area contributed by atoms with Gasteiger partial charge in [-0.15, -0.1) is 0 Å². The molecule has 0 unspecified atom stereocenters. The zero-order valence-corrected chi connectivity index (χ0v) is 14.0. The van der Waals surface area contributed by atoms with E-state index in [9.17, 15) is 4.79 Å². The highest BCUT2D eigenvalue weighted by Crippen LogP contribution is 2.13. The number of carbonyl (C=O) groups excluding carboxylic acids is 1. The topological polar surface area (TPSA) is 59.4 Å². The van der Waals surface area contributed by atoms with Crippen LogP contribution in [0.4, 0.5) is 0 Å². The first-order valence-corrected chi connectivity index (χ1v) is 8.14. The van der Waals surface area contributed by atoms with Crippen LogP contribution in [0.5, 0.6) is 0 Å². The zero-order valence-electron chi connectivity index (χ0n) is 14.0. The van der Waals surface area contributed by atoms with E-state index in [4.69, 9.17) is 4.74 Å². The molecule has 0 atom stereocenters. The van der Waals surface area contributed by atoms with Gasteiger partial charge in [-0.05, 0) is 38.8 Å². The Hall–Kier alpha value is -1.40. The summed E-state index contributed by atoms with van der Waals surface area (Å²) in [5.41, 5.74) is 3.38. The van der Waals surface area contributed by atoms with Crippen LogP contribution in [0.15, 0.2) is 0 Å². The molecule has 124 valence electrons. The van der Waals surface area contributed by atoms with Crippen molar-refractivity contribution in [1.82, 2.24) is 20.0 Å². The Morgan fingerprint density at radius 1 is 1.32 bits per heavy atom. The van der Waals surface area contributed by atoms with Crippen LogP contribution in [0.2, 0.25) is 0 Å². The van der Waals surface area contributed by atoms with Gasteiger partial charge in [0.1, 0.15) is 0 Å². The Balaban J connectivity index is 1.61. The molecule has 1 aliphatic heterocycles. The van der Waals surface area contributed by atoms with Crippen LogP contribution in [0.1, 0.15) is 29.8 Å². The van der Waals surface area contributed by atoms with Crippen LogP contribution in [-0.4, -0.2) is 60.0 Å². The summed E-state index contributed by atoms with van der Waals surface area (Å²) in [6.07, 6.45) is 2.29. The largest absolute Gasteiger partial charge is 0.379 e. The number of nitrogens with zero attached hydrogens (tertiary/aromatic N) is 3. The lowest BCUT2D eigenvalue weighted by Gasteiger charge is -2.26. The van der Waals surface area contributed by atoms with Crippen molar-refractivity contribution < 1.29 is 9.53 Å². The molecule has 1 fully saturated rings. The molecule has 1 aliphatic rings. The normalized spacial score (nSPS) is 16.0. The minimum atomic E-state index is 0.129. The number of aromatic nitrogens is 2. The third kappa shape index (κ3) is 4.81. The van der Waals surface area contributed by atoms with Crippen molar-refractivity contribution in [2.45, 2.75) is 33.1 Å². The maximum Gasteiger partial charge on any atom is 0.220 e. The summed E-state index contributed by atoms with van der Waals surface area (Å²) >= 11 is 0. The highest BCUT2D eigenvalue weighted by Gasteiger charge is 2.12. The van der Waals surface area contributed by atoms with Gasteiger partial charge < -0.3 is 10.1 Å². The molecule has 0 spiro atoms. The van der Waals surface area contributed by atoms with E-state index in [1.807, 2.05) is 18.7 Å². The number of hydrogen-bond donors (Lipinski definition) is 1. The molecule has 0 bridgehead atoms. The lowest BCUT2D eigenvalue weighted by Crippen LogP contribution is -2.38. The first kappa shape index (κ1) is 17.0. The molecule has 2 rings (SSSR count). The van der Waals surface area contributed by atoms with E-state index in [0.29, 0.717) is 6.42 Å². The molecule has 1 aromatic rings. The SMILES string of the molecule is Cc1nn(C)c(C)c1CCC(=O)NCCCN1CCOCC1. The average Bonchev–Trinajstić information content (AvgIpc) is 2.76. The summed E-state index contributed by atoms with van der Waals surface area (Å²) in [6, 6.07) is 0. The molecule has 0 saturated carbocycles. The monoisotopic (exact) mass is 308 g/mol. The van der Waals surface area contributed by atoms with Crippen LogP contribution >= 0.6 is 0 Å². The molecule has 0 radical (unpaired) electrons. The summed E-state index contributed by atoms with van der Waals surface area (Å²) in [6.45, 7) is 9.51. The van der Waals surface area contributed by atoms with Gasteiger partial charge >= 0.3 is 0 Å². The Morgan fingerprint density at radius 2 is 2.05 bits per heavy atom. The number of rotatable bonds is 7. The molecule has 2 heterocycles. The van der Waals surface area contributed by atoms with Gasteiger partial charge in [0, 0.05) is 38.8 Å². The van der Waals surface area contributed by atoms with Crippen molar-refractivity contribution in [3.63, 3.8) is 0 Å². The van der Waals surface area contributed by atoms with E-state index in [0.717, 1.165) is 63.6 Å². The summed E-state index contributed by atoms with van der Waals surface area (Å²) in [4.78, 5) is 14.3. The second kappa shape index (κ2) is 8.29. The minimum Gasteiger partial charge on any atom is -0.379 e. The Labute approximate surface area is 132 Å². The Bertz CT molecular complexity index is 493. The van der Waals surface area contributed by atoms with Crippen molar-refractivity contribution in [2.75, 3.05) is 39.4 Å². The highest BCUT2D eigenvalue weighted by atomic mass is 16.5. The number of morpholine rings is 1. The van der Waals surface area contributed by atoms with Gasteiger partial charge in [0.2, 0.25) is 5.91 Å². The summed E-state index contributed by atoms with van der Waals surface area (Å²) in [5, 5.41) is 7.40. The van der Waals surface area contributed by atoms with Crippen LogP contribution in [0.25, 0.3) is 0 Å². The van der Waals surface area contributed by atoms with E-state index < -0.39 is 0 Å². The average molecular weight is 308 g/mol. The van der Waals surface area contributed by atoms with Crippen LogP contribution in [0.3, 0.4) is 0 Å². The number of hydrogen-bond acceptors (Lipinski definition) is 4. The molecule has 1 saturated heterocycles. The van der Waals surface area contributed by atoms with Crippen LogP contribution in [-0.2, 0) is 23.0 Å². The first-order chi connectivity index (χ1) is 10.6. The lowest BCUT2D eigenvalue weighted by atomic mass is 10.1. The smallest absolute Gasteiger partial charge is 0.220 e. The maximum absolute atomic E-state index is 11.9. The zero-order chi connectivity index (χ0) is 15.9. The third-order valence-electron chi connectivity index (χ3n) is 4.34. The van der Waals surface area contributed by atoms with Gasteiger partial charge in [-0.1, -0.05) is 0 Å². The summed E-state index contributed by atoms with van der Waals surface area (Å²) in [5.74, 6) is 0.129. The molecule has 0 aromatic carbocycles. The molecule has 22 heavy (non-hydrogen) atoms. The minimum absolute atomic E-state index is 0.129. The molecule has 6 heteroatoms. The second-order valence-corrected chi connectivity index (χ2v) is 5.93. The second-order valence-electron chi connectivity index (χ2n) is 5.93. The van der Waals surface area contributed by atoms with Gasteiger partial charge in [0.25, 0.3) is 0 Å². The summed E-state index contributed by atoms with van der Waals surface area (Å²) < 4.78 is 7.20. The predicted octanol–water partition coefficient (Wildman–Crippen LogP) is 0.808. The fourth-order valence-electron chi connectivity index (χ4n) is 2.86. The summed E-state index contributed by atoms with van der Waals surface area (Å²) in [7, 11) is 1.94. The molecule has 6 nitrogen and oxygen atoms in total. The Morgan fingerprint density at radius 3 is 2.68 bits per heavy atom. The predicted molar refractivity (Wildman–Crippen MR) is 85.9 cm³/mol. The molecule has 0 aliphatic carbocycles. The van der Waals surface area contributed by atoms with E-state index in [1.54, 1.807) is 0 Å². The van der Waals surface area contributed by atoms with E-state index in [1.165, 1.54) is 5.56 Å². The Kier molecular flexibility index (Phi) is 6.39. The van der Waals surface area contributed by atoms with E-state index in [-0.39, 0.29) is 5.91 Å². The highest BCUT2D eigenvalue weighted by molar-refractivity contribution is 5.76. The van der Waals surface area contributed by atoms with Crippen molar-refractivity contribution in [2.24, 2.45) is 7.05 Å². The quantitative estimate of drug-likeness (QED) is 0.757. The van der Waals surface area contributed by atoms with Gasteiger partial charge in [-0.3, -0.25) is 14.4 Å². The van der Waals surface area contributed by atoms with Crippen molar-refractivity contribution in [3.8, 4) is 0 Å². The van der Waals surface area contributed by atoms with Gasteiger partial charge in [-0.25, -0.2) is 0 Å². The fraction of sp³-hybridized carbons (Fsp3) is 0.750. The van der Waals surface area contributed by atoms with Crippen LogP contribution < -0.4 is 5.32 Å². The molecule has 1 amide bonds. The van der Waals surface area contributed by atoms with Crippen molar-refractivity contribution in [3.05, 3.63) is 17.0 Å². The number of ether oxygens (including phenoxy) is 1. The molecule has 1 aromatic heterocycles.